The summed E-state index contributed by atoms with van der Waals surface area (Å²) in [6, 6.07) is -0.00812. The summed E-state index contributed by atoms with van der Waals surface area (Å²) < 4.78 is 38.3. The van der Waals surface area contributed by atoms with Gasteiger partial charge in [0.1, 0.15) is 0 Å². The van der Waals surface area contributed by atoms with Crippen molar-refractivity contribution in [2.75, 3.05) is 13.2 Å². The molecule has 2 saturated carbocycles. The molecule has 3 aliphatic rings. The second-order valence-electron chi connectivity index (χ2n) is 8.36. The molecule has 1 atom stereocenters. The van der Waals surface area contributed by atoms with Gasteiger partial charge in [0, 0.05) is 31.7 Å². The van der Waals surface area contributed by atoms with E-state index in [1.165, 1.54) is 0 Å². The Bertz CT molecular complexity index is 639. The van der Waals surface area contributed by atoms with E-state index in [9.17, 15) is 18.4 Å². The number of hydrogen-bond donors (Lipinski definition) is 2. The standard InChI is InChI=1S/C19H27F2N3O4/c1-17(20,21)10-14(15(25)11-18(12-22)6-7-18)24-16(26)23-13-2-4-19(5-3-13)27-8-9-28-19/h13-14H,2-11H2,1H3,(H2,23,24,26)/t14-/m0/s1. The molecular weight excluding hydrogens is 372 g/mol. The summed E-state index contributed by atoms with van der Waals surface area (Å²) in [5.41, 5.74) is -0.741. The molecule has 156 valence electrons. The maximum absolute atomic E-state index is 13.5. The molecule has 0 bridgehead atoms. The molecule has 0 aromatic carbocycles. The summed E-state index contributed by atoms with van der Waals surface area (Å²) in [6.45, 7) is 1.85. The summed E-state index contributed by atoms with van der Waals surface area (Å²) >= 11 is 0. The van der Waals surface area contributed by atoms with Crippen LogP contribution in [-0.2, 0) is 14.3 Å². The van der Waals surface area contributed by atoms with Crippen LogP contribution in [0.25, 0.3) is 0 Å². The Hall–Kier alpha value is -1.79. The number of hydrogen-bond acceptors (Lipinski definition) is 5. The predicted octanol–water partition coefficient (Wildman–Crippen LogP) is 2.65. The Morgan fingerprint density at radius 2 is 1.82 bits per heavy atom. The molecule has 9 heteroatoms. The first-order valence-corrected chi connectivity index (χ1v) is 9.81. The Kier molecular flexibility index (Phi) is 5.92. The van der Waals surface area contributed by atoms with Gasteiger partial charge in [0.05, 0.1) is 30.7 Å². The molecule has 0 unspecified atom stereocenters. The molecule has 1 aliphatic heterocycles. The number of nitriles is 1. The summed E-state index contributed by atoms with van der Waals surface area (Å²) in [5, 5.41) is 14.3. The Balaban J connectivity index is 1.52. The zero-order valence-corrected chi connectivity index (χ0v) is 16.1. The van der Waals surface area contributed by atoms with E-state index in [4.69, 9.17) is 14.7 Å². The molecule has 2 N–H and O–H groups in total. The third kappa shape index (κ3) is 5.39. The highest BCUT2D eigenvalue weighted by Crippen LogP contribution is 2.48. The molecule has 3 rings (SSSR count). The average molecular weight is 399 g/mol. The highest BCUT2D eigenvalue weighted by molar-refractivity contribution is 5.89. The zero-order chi connectivity index (χ0) is 20.4. The monoisotopic (exact) mass is 399 g/mol. The number of nitrogens with one attached hydrogen (secondary N) is 2. The molecule has 3 fully saturated rings. The van der Waals surface area contributed by atoms with E-state index in [2.05, 4.69) is 16.7 Å². The summed E-state index contributed by atoms with van der Waals surface area (Å²) in [6.07, 6.45) is 2.88. The van der Waals surface area contributed by atoms with E-state index in [-0.39, 0.29) is 12.5 Å². The van der Waals surface area contributed by atoms with E-state index in [1.54, 1.807) is 0 Å². The number of ether oxygens (including phenoxy) is 2. The van der Waals surface area contributed by atoms with Crippen molar-refractivity contribution in [1.82, 2.24) is 10.6 Å². The van der Waals surface area contributed by atoms with Crippen molar-refractivity contribution < 1.29 is 27.8 Å². The minimum absolute atomic E-state index is 0.106. The van der Waals surface area contributed by atoms with Crippen molar-refractivity contribution in [1.29, 1.82) is 5.26 Å². The molecule has 28 heavy (non-hydrogen) atoms. The lowest BCUT2D eigenvalue weighted by atomic mass is 9.90. The summed E-state index contributed by atoms with van der Waals surface area (Å²) in [7, 11) is 0. The molecule has 1 spiro atoms. The van der Waals surface area contributed by atoms with Gasteiger partial charge in [0.15, 0.2) is 11.6 Å². The van der Waals surface area contributed by atoms with Gasteiger partial charge in [0.25, 0.3) is 0 Å². The highest BCUT2D eigenvalue weighted by atomic mass is 19.3. The molecular formula is C19H27F2N3O4. The highest BCUT2D eigenvalue weighted by Gasteiger charge is 2.47. The van der Waals surface area contributed by atoms with Gasteiger partial charge in [-0.05, 0) is 32.6 Å². The number of amides is 2. The second kappa shape index (κ2) is 7.91. The predicted molar refractivity (Wildman–Crippen MR) is 94.5 cm³/mol. The lowest BCUT2D eigenvalue weighted by Crippen LogP contribution is -2.52. The minimum atomic E-state index is -3.11. The fraction of sp³-hybridized carbons (Fsp3) is 0.842. The fourth-order valence-corrected chi connectivity index (χ4v) is 3.91. The third-order valence-electron chi connectivity index (χ3n) is 5.76. The molecule has 0 radical (unpaired) electrons. The van der Waals surface area contributed by atoms with E-state index in [0.29, 0.717) is 58.7 Å². The van der Waals surface area contributed by atoms with Crippen LogP contribution < -0.4 is 10.6 Å². The number of Topliss-reactive ketones (excluding diaryl/α,β-unsaturated/α-hetero) is 1. The second-order valence-corrected chi connectivity index (χ2v) is 8.36. The maximum atomic E-state index is 13.5. The first kappa shape index (κ1) is 20.9. The van der Waals surface area contributed by atoms with Crippen LogP contribution in [-0.4, -0.2) is 48.8 Å². The van der Waals surface area contributed by atoms with Gasteiger partial charge in [-0.25, -0.2) is 13.6 Å². The zero-order valence-electron chi connectivity index (χ0n) is 16.1. The van der Waals surface area contributed by atoms with E-state index < -0.39 is 41.4 Å². The van der Waals surface area contributed by atoms with Crippen LogP contribution in [0.5, 0.6) is 0 Å². The van der Waals surface area contributed by atoms with Crippen LogP contribution in [0.4, 0.5) is 13.6 Å². The van der Waals surface area contributed by atoms with Gasteiger partial charge in [0.2, 0.25) is 5.92 Å². The molecule has 1 heterocycles. The van der Waals surface area contributed by atoms with E-state index in [0.717, 1.165) is 0 Å². The number of urea groups is 1. The van der Waals surface area contributed by atoms with E-state index >= 15 is 0 Å². The van der Waals surface area contributed by atoms with E-state index in [1.807, 2.05) is 0 Å². The molecule has 0 aromatic rings. The van der Waals surface area contributed by atoms with Crippen molar-refractivity contribution in [3.8, 4) is 6.07 Å². The van der Waals surface area contributed by atoms with Crippen LogP contribution >= 0.6 is 0 Å². The maximum Gasteiger partial charge on any atom is 0.315 e. The summed E-state index contributed by atoms with van der Waals surface area (Å²) in [5.74, 6) is -4.18. The number of rotatable bonds is 7. The van der Waals surface area contributed by atoms with Gasteiger partial charge in [-0.3, -0.25) is 4.79 Å². The number of ketones is 1. The first-order chi connectivity index (χ1) is 13.1. The SMILES string of the molecule is CC(F)(F)C[C@H](NC(=O)NC1CCC2(CC1)OCCO2)C(=O)CC1(C#N)CC1. The number of halogens is 2. The molecule has 1 saturated heterocycles. The Morgan fingerprint density at radius 3 is 2.32 bits per heavy atom. The van der Waals surface area contributed by atoms with Gasteiger partial charge in [-0.1, -0.05) is 0 Å². The lowest BCUT2D eigenvalue weighted by Gasteiger charge is -2.35. The van der Waals surface area contributed by atoms with Crippen molar-refractivity contribution in [2.45, 2.75) is 82.1 Å². The molecule has 7 nitrogen and oxygen atoms in total. The van der Waals surface area contributed by atoms with Gasteiger partial charge in [-0.2, -0.15) is 5.26 Å². The van der Waals surface area contributed by atoms with Gasteiger partial charge < -0.3 is 20.1 Å². The molecule has 2 amide bonds. The number of nitrogens with zero attached hydrogens (tertiary/aromatic N) is 1. The van der Waals surface area contributed by atoms with Crippen LogP contribution in [0.3, 0.4) is 0 Å². The number of carbonyl (C=O) groups is 2. The van der Waals surface area contributed by atoms with Crippen LogP contribution in [0.2, 0.25) is 0 Å². The summed E-state index contributed by atoms with van der Waals surface area (Å²) in [4.78, 5) is 24.8. The van der Waals surface area contributed by atoms with Crippen molar-refractivity contribution in [3.63, 3.8) is 0 Å². The van der Waals surface area contributed by atoms with Crippen LogP contribution in [0, 0.1) is 16.7 Å². The molecule has 2 aliphatic carbocycles. The van der Waals surface area contributed by atoms with Crippen molar-refractivity contribution in [2.24, 2.45) is 5.41 Å². The quantitative estimate of drug-likeness (QED) is 0.685. The smallest absolute Gasteiger partial charge is 0.315 e. The van der Waals surface area contributed by atoms with Crippen molar-refractivity contribution in [3.05, 3.63) is 0 Å². The average Bonchev–Trinajstić information content (AvgIpc) is 3.25. The topological polar surface area (TPSA) is 100 Å². The van der Waals surface area contributed by atoms with Gasteiger partial charge >= 0.3 is 6.03 Å². The third-order valence-corrected chi connectivity index (χ3v) is 5.76. The van der Waals surface area contributed by atoms with Crippen molar-refractivity contribution >= 4 is 11.8 Å². The normalized spacial score (nSPS) is 24.4. The number of alkyl halides is 2. The van der Waals surface area contributed by atoms with Crippen LogP contribution in [0.1, 0.15) is 58.3 Å². The fourth-order valence-electron chi connectivity index (χ4n) is 3.91. The Morgan fingerprint density at radius 1 is 1.21 bits per heavy atom. The minimum Gasteiger partial charge on any atom is -0.348 e. The number of carbonyl (C=O) groups excluding carboxylic acids is 2. The first-order valence-electron chi connectivity index (χ1n) is 9.81. The van der Waals surface area contributed by atoms with Gasteiger partial charge in [-0.15, -0.1) is 0 Å². The van der Waals surface area contributed by atoms with Crippen LogP contribution in [0.15, 0.2) is 0 Å². The Labute approximate surface area is 163 Å². The molecule has 0 aromatic heterocycles. The largest absolute Gasteiger partial charge is 0.348 e. The lowest BCUT2D eigenvalue weighted by molar-refractivity contribution is -0.179.